The van der Waals surface area contributed by atoms with E-state index in [1.807, 2.05) is 30.3 Å². The highest BCUT2D eigenvalue weighted by molar-refractivity contribution is 7.17. The lowest BCUT2D eigenvalue weighted by atomic mass is 10.0. The first-order valence-electron chi connectivity index (χ1n) is 9.86. The fourth-order valence-electron chi connectivity index (χ4n) is 3.93. The number of aldehydes is 1. The van der Waals surface area contributed by atoms with Crippen LogP contribution in [0, 0.1) is 0 Å². The molecule has 1 aliphatic heterocycles. The number of fused-ring (bicyclic) bond motifs is 1. The maximum Gasteiger partial charge on any atom is 0.261 e. The topological polar surface area (TPSA) is 69.6 Å². The molecule has 2 N–H and O–H groups in total. The Labute approximate surface area is 174 Å². The number of rotatable bonds is 5. The van der Waals surface area contributed by atoms with Crippen LogP contribution in [0.1, 0.15) is 39.3 Å². The maximum atomic E-state index is 12.6. The molecule has 29 heavy (non-hydrogen) atoms. The molecular formula is C23H24N2O3S. The number of nitrogens with zero attached hydrogens (tertiary/aromatic N) is 1. The molecule has 1 aromatic heterocycles. The molecule has 5 nitrogen and oxygen atoms in total. The van der Waals surface area contributed by atoms with E-state index in [4.69, 9.17) is 0 Å². The van der Waals surface area contributed by atoms with Gasteiger partial charge in [-0.25, -0.2) is 0 Å². The number of hydrogen-bond donors (Lipinski definition) is 2. The van der Waals surface area contributed by atoms with Gasteiger partial charge in [-0.2, -0.15) is 0 Å². The second kappa shape index (κ2) is 8.35. The van der Waals surface area contributed by atoms with Gasteiger partial charge < -0.3 is 15.3 Å². The average molecular weight is 409 g/mol. The second-order valence-electron chi connectivity index (χ2n) is 7.56. The summed E-state index contributed by atoms with van der Waals surface area (Å²) in [6, 6.07) is 13.3. The van der Waals surface area contributed by atoms with Gasteiger partial charge in [-0.3, -0.25) is 9.59 Å². The molecule has 1 atom stereocenters. The smallest absolute Gasteiger partial charge is 0.261 e. The number of carbonyl (C=O) groups is 2. The number of likely N-dealkylation sites (tertiary alicyclic amines) is 1. The largest absolute Gasteiger partial charge is 0.507 e. The van der Waals surface area contributed by atoms with Gasteiger partial charge in [0.25, 0.3) is 5.91 Å². The summed E-state index contributed by atoms with van der Waals surface area (Å²) in [5, 5.41) is 14.5. The number of piperidine rings is 1. The zero-order chi connectivity index (χ0) is 20.4. The van der Waals surface area contributed by atoms with Crippen molar-refractivity contribution in [1.82, 2.24) is 10.2 Å². The van der Waals surface area contributed by atoms with Crippen LogP contribution in [-0.2, 0) is 0 Å². The summed E-state index contributed by atoms with van der Waals surface area (Å²) in [4.78, 5) is 27.9. The predicted molar refractivity (Wildman–Crippen MR) is 117 cm³/mol. The lowest BCUT2D eigenvalue weighted by molar-refractivity contribution is 0.0932. The third kappa shape index (κ3) is 4.04. The van der Waals surface area contributed by atoms with Gasteiger partial charge in [0, 0.05) is 17.5 Å². The van der Waals surface area contributed by atoms with Crippen LogP contribution in [-0.4, -0.2) is 48.4 Å². The normalized spacial score (nSPS) is 17.3. The Balaban J connectivity index is 1.50. The van der Waals surface area contributed by atoms with Crippen molar-refractivity contribution < 1.29 is 14.7 Å². The van der Waals surface area contributed by atoms with Crippen molar-refractivity contribution in [2.24, 2.45) is 0 Å². The molecule has 4 rings (SSSR count). The Bertz CT molecular complexity index is 1060. The van der Waals surface area contributed by atoms with Gasteiger partial charge in [0.2, 0.25) is 0 Å². The number of aromatic hydroxyl groups is 1. The number of hydrogen-bond acceptors (Lipinski definition) is 5. The number of benzene rings is 2. The van der Waals surface area contributed by atoms with E-state index in [1.54, 1.807) is 6.07 Å². The Kier molecular flexibility index (Phi) is 5.65. The van der Waals surface area contributed by atoms with Crippen LogP contribution in [0.3, 0.4) is 0 Å². The summed E-state index contributed by atoms with van der Waals surface area (Å²) in [5.74, 6) is -0.0480. The van der Waals surface area contributed by atoms with Gasteiger partial charge in [-0.1, -0.05) is 24.6 Å². The first-order chi connectivity index (χ1) is 14.1. The van der Waals surface area contributed by atoms with Gasteiger partial charge in [0.15, 0.2) is 6.29 Å². The highest BCUT2D eigenvalue weighted by atomic mass is 32.1. The van der Waals surface area contributed by atoms with Crippen LogP contribution in [0.4, 0.5) is 0 Å². The minimum atomic E-state index is -0.0332. The minimum Gasteiger partial charge on any atom is -0.507 e. The Morgan fingerprint density at radius 3 is 2.90 bits per heavy atom. The van der Waals surface area contributed by atoms with Crippen molar-refractivity contribution in [1.29, 1.82) is 0 Å². The minimum absolute atomic E-state index is 0.0149. The van der Waals surface area contributed by atoms with E-state index in [1.165, 1.54) is 30.2 Å². The SMILES string of the molecule is CN1CCCCC1CNC(=O)c1ccc(-c2ccc3c(C=O)c(O)ccc3c2)s1. The molecule has 1 amide bonds. The quantitative estimate of drug-likeness (QED) is 0.618. The molecule has 1 fully saturated rings. The summed E-state index contributed by atoms with van der Waals surface area (Å²) in [7, 11) is 2.12. The number of thiophene rings is 1. The van der Waals surface area contributed by atoms with Crippen molar-refractivity contribution >= 4 is 34.3 Å². The fraction of sp³-hybridized carbons (Fsp3) is 0.304. The van der Waals surface area contributed by atoms with Crippen LogP contribution < -0.4 is 5.32 Å². The van der Waals surface area contributed by atoms with E-state index in [0.717, 1.165) is 34.2 Å². The monoisotopic (exact) mass is 408 g/mol. The molecule has 0 bridgehead atoms. The standard InChI is InChI=1S/C23H24N2O3S/c1-25-11-3-2-4-17(25)13-24-23(28)22-10-9-21(29-22)16-5-7-18-15(12-16)6-8-20(27)19(18)14-26/h5-10,12,14,17,27H,2-4,11,13H2,1H3,(H,24,28). The maximum absolute atomic E-state index is 12.6. The zero-order valence-corrected chi connectivity index (χ0v) is 17.2. The molecule has 2 aromatic carbocycles. The van der Waals surface area contributed by atoms with Crippen molar-refractivity contribution in [3.8, 4) is 16.2 Å². The number of amides is 1. The number of nitrogens with one attached hydrogen (secondary N) is 1. The summed E-state index contributed by atoms with van der Waals surface area (Å²) in [5.41, 5.74) is 1.28. The molecule has 1 unspecified atom stereocenters. The van der Waals surface area contributed by atoms with E-state index >= 15 is 0 Å². The third-order valence-electron chi connectivity index (χ3n) is 5.69. The molecule has 0 spiro atoms. The van der Waals surface area contributed by atoms with E-state index in [2.05, 4.69) is 17.3 Å². The molecule has 0 radical (unpaired) electrons. The average Bonchev–Trinajstić information content (AvgIpc) is 3.23. The predicted octanol–water partition coefficient (Wildman–Crippen LogP) is 4.30. The van der Waals surface area contributed by atoms with E-state index < -0.39 is 0 Å². The van der Waals surface area contributed by atoms with Gasteiger partial charge in [-0.15, -0.1) is 11.3 Å². The fourth-order valence-corrected chi connectivity index (χ4v) is 4.85. The van der Waals surface area contributed by atoms with E-state index in [0.29, 0.717) is 29.3 Å². The molecule has 3 aromatic rings. The van der Waals surface area contributed by atoms with Crippen LogP contribution in [0.15, 0.2) is 42.5 Å². The second-order valence-corrected chi connectivity index (χ2v) is 8.64. The lowest BCUT2D eigenvalue weighted by Gasteiger charge is -2.32. The number of carbonyl (C=O) groups excluding carboxylic acids is 2. The van der Waals surface area contributed by atoms with Crippen molar-refractivity contribution in [2.75, 3.05) is 20.1 Å². The molecule has 1 saturated heterocycles. The van der Waals surface area contributed by atoms with Crippen molar-refractivity contribution in [3.05, 3.63) is 52.9 Å². The molecular weight excluding hydrogens is 384 g/mol. The van der Waals surface area contributed by atoms with Gasteiger partial charge >= 0.3 is 0 Å². The first kappa shape index (κ1) is 19.6. The zero-order valence-electron chi connectivity index (χ0n) is 16.4. The van der Waals surface area contributed by atoms with Gasteiger partial charge in [0.05, 0.1) is 10.4 Å². The van der Waals surface area contributed by atoms with E-state index in [9.17, 15) is 14.7 Å². The Hall–Kier alpha value is -2.70. The molecule has 1 aliphatic rings. The van der Waals surface area contributed by atoms with Crippen LogP contribution in [0.25, 0.3) is 21.2 Å². The highest BCUT2D eigenvalue weighted by Crippen LogP contribution is 2.33. The Morgan fingerprint density at radius 1 is 1.24 bits per heavy atom. The summed E-state index contributed by atoms with van der Waals surface area (Å²) in [6.45, 7) is 1.77. The first-order valence-corrected chi connectivity index (χ1v) is 10.7. The summed E-state index contributed by atoms with van der Waals surface area (Å²) in [6.07, 6.45) is 4.26. The van der Waals surface area contributed by atoms with E-state index in [-0.39, 0.29) is 11.7 Å². The van der Waals surface area contributed by atoms with Gasteiger partial charge in [-0.05, 0) is 67.0 Å². The third-order valence-corrected chi connectivity index (χ3v) is 6.82. The lowest BCUT2D eigenvalue weighted by Crippen LogP contribution is -2.44. The van der Waals surface area contributed by atoms with Gasteiger partial charge in [0.1, 0.15) is 5.75 Å². The summed E-state index contributed by atoms with van der Waals surface area (Å²) < 4.78 is 0. The molecule has 0 saturated carbocycles. The number of phenols is 1. The molecule has 150 valence electrons. The molecule has 2 heterocycles. The van der Waals surface area contributed by atoms with Crippen molar-refractivity contribution in [2.45, 2.75) is 25.3 Å². The van der Waals surface area contributed by atoms with Crippen LogP contribution >= 0.6 is 11.3 Å². The molecule has 0 aliphatic carbocycles. The van der Waals surface area contributed by atoms with Crippen LogP contribution in [0.2, 0.25) is 0 Å². The summed E-state index contributed by atoms with van der Waals surface area (Å²) >= 11 is 1.46. The Morgan fingerprint density at radius 2 is 2.10 bits per heavy atom. The molecule has 6 heteroatoms. The van der Waals surface area contributed by atoms with Crippen molar-refractivity contribution in [3.63, 3.8) is 0 Å². The van der Waals surface area contributed by atoms with Crippen LogP contribution in [0.5, 0.6) is 5.75 Å². The highest BCUT2D eigenvalue weighted by Gasteiger charge is 2.20. The number of phenolic OH excluding ortho intramolecular Hbond substituents is 1. The number of likely N-dealkylation sites (N-methyl/N-ethyl adjacent to an activating group) is 1.